The van der Waals surface area contributed by atoms with Gasteiger partial charge in [0.25, 0.3) is 0 Å². The zero-order valence-corrected chi connectivity index (χ0v) is 11.7. The van der Waals surface area contributed by atoms with Crippen molar-refractivity contribution < 1.29 is 9.47 Å². The van der Waals surface area contributed by atoms with Crippen molar-refractivity contribution in [1.82, 2.24) is 0 Å². The summed E-state index contributed by atoms with van der Waals surface area (Å²) in [6, 6.07) is 2.05. The summed E-state index contributed by atoms with van der Waals surface area (Å²) in [4.78, 5) is 0. The molecule has 0 fully saturated rings. The highest BCUT2D eigenvalue weighted by atomic mass is 79.9. The quantitative estimate of drug-likeness (QED) is 0.926. The molecule has 0 bridgehead atoms. The van der Waals surface area contributed by atoms with Crippen LogP contribution in [-0.4, -0.2) is 20.8 Å². The minimum atomic E-state index is 0.237. The Bertz CT molecular complexity index is 380. The van der Waals surface area contributed by atoms with E-state index in [2.05, 4.69) is 22.9 Å². The Morgan fingerprint density at radius 2 is 1.88 bits per heavy atom. The normalized spacial score (nSPS) is 12.4. The zero-order chi connectivity index (χ0) is 12.3. The number of benzene rings is 1. The average molecular weight is 288 g/mol. The molecule has 0 heterocycles. The molecule has 1 rings (SSSR count). The van der Waals surface area contributed by atoms with Crippen LogP contribution in [0.5, 0.6) is 11.5 Å². The molecule has 2 N–H and O–H groups in total. The second kappa shape index (κ2) is 5.55. The van der Waals surface area contributed by atoms with Crippen LogP contribution in [0.25, 0.3) is 0 Å². The van der Waals surface area contributed by atoms with Crippen molar-refractivity contribution in [3.63, 3.8) is 0 Å². The second-order valence-electron chi connectivity index (χ2n) is 3.78. The third-order valence-electron chi connectivity index (χ3n) is 2.74. The van der Waals surface area contributed by atoms with Crippen LogP contribution in [0.4, 0.5) is 0 Å². The van der Waals surface area contributed by atoms with Crippen LogP contribution in [0.1, 0.15) is 24.0 Å². The fourth-order valence-electron chi connectivity index (χ4n) is 1.67. The molecule has 16 heavy (non-hydrogen) atoms. The number of hydrogen-bond acceptors (Lipinski definition) is 3. The van der Waals surface area contributed by atoms with E-state index in [9.17, 15) is 0 Å². The lowest BCUT2D eigenvalue weighted by Crippen LogP contribution is -2.11. The van der Waals surface area contributed by atoms with Gasteiger partial charge < -0.3 is 15.2 Å². The SMILES string of the molecule is COc1c(C(C)CN)cc(Br)c(C)c1OC. The summed E-state index contributed by atoms with van der Waals surface area (Å²) in [5.41, 5.74) is 7.80. The first-order valence-corrected chi connectivity index (χ1v) is 5.97. The summed E-state index contributed by atoms with van der Waals surface area (Å²) in [6.45, 7) is 4.64. The van der Waals surface area contributed by atoms with Crippen molar-refractivity contribution in [2.75, 3.05) is 20.8 Å². The minimum absolute atomic E-state index is 0.237. The highest BCUT2D eigenvalue weighted by Gasteiger charge is 2.19. The molecule has 0 radical (unpaired) electrons. The molecule has 90 valence electrons. The molecule has 1 unspecified atom stereocenters. The molecule has 4 heteroatoms. The molecule has 0 saturated heterocycles. The molecule has 0 spiro atoms. The molecule has 0 aliphatic heterocycles. The third-order valence-corrected chi connectivity index (χ3v) is 3.57. The van der Waals surface area contributed by atoms with Crippen molar-refractivity contribution in [2.24, 2.45) is 5.73 Å². The summed E-state index contributed by atoms with van der Waals surface area (Å²) < 4.78 is 11.8. The highest BCUT2D eigenvalue weighted by molar-refractivity contribution is 9.10. The van der Waals surface area contributed by atoms with Gasteiger partial charge in [0.05, 0.1) is 14.2 Å². The van der Waals surface area contributed by atoms with Gasteiger partial charge in [-0.3, -0.25) is 0 Å². The van der Waals surface area contributed by atoms with Gasteiger partial charge in [-0.2, -0.15) is 0 Å². The lowest BCUT2D eigenvalue weighted by Gasteiger charge is -2.19. The van der Waals surface area contributed by atoms with E-state index < -0.39 is 0 Å². The van der Waals surface area contributed by atoms with Crippen LogP contribution in [0.15, 0.2) is 10.5 Å². The van der Waals surface area contributed by atoms with E-state index in [0.717, 1.165) is 27.1 Å². The van der Waals surface area contributed by atoms with Crippen LogP contribution in [0.3, 0.4) is 0 Å². The van der Waals surface area contributed by atoms with Gasteiger partial charge in [-0.15, -0.1) is 0 Å². The number of halogens is 1. The van der Waals surface area contributed by atoms with Crippen LogP contribution < -0.4 is 15.2 Å². The third kappa shape index (κ3) is 2.33. The molecule has 0 saturated carbocycles. The van der Waals surface area contributed by atoms with Gasteiger partial charge in [0.2, 0.25) is 0 Å². The lowest BCUT2D eigenvalue weighted by atomic mass is 9.98. The molecule has 0 amide bonds. The van der Waals surface area contributed by atoms with Crippen LogP contribution in [-0.2, 0) is 0 Å². The summed E-state index contributed by atoms with van der Waals surface area (Å²) >= 11 is 3.52. The Morgan fingerprint density at radius 1 is 1.31 bits per heavy atom. The Balaban J connectivity index is 3.43. The van der Waals surface area contributed by atoms with E-state index in [0.29, 0.717) is 6.54 Å². The molecule has 0 aliphatic carbocycles. The standard InChI is InChI=1S/C12H18BrNO2/c1-7(6-14)9-5-10(13)8(2)11(15-3)12(9)16-4/h5,7H,6,14H2,1-4H3. The minimum Gasteiger partial charge on any atom is -0.493 e. The fraction of sp³-hybridized carbons (Fsp3) is 0.500. The molecule has 0 aromatic heterocycles. The number of nitrogens with two attached hydrogens (primary N) is 1. The van der Waals surface area contributed by atoms with E-state index in [1.54, 1.807) is 14.2 Å². The molecule has 1 aromatic carbocycles. The Labute approximate surface area is 105 Å². The number of ether oxygens (including phenoxy) is 2. The van der Waals surface area contributed by atoms with E-state index in [1.807, 2.05) is 13.0 Å². The number of rotatable bonds is 4. The molecule has 3 nitrogen and oxygen atoms in total. The van der Waals surface area contributed by atoms with Gasteiger partial charge in [-0.05, 0) is 25.5 Å². The summed E-state index contributed by atoms with van der Waals surface area (Å²) in [7, 11) is 3.30. The van der Waals surface area contributed by atoms with Crippen LogP contribution >= 0.6 is 15.9 Å². The van der Waals surface area contributed by atoms with Crippen LogP contribution in [0.2, 0.25) is 0 Å². The molecular formula is C12H18BrNO2. The topological polar surface area (TPSA) is 44.5 Å². The molecule has 1 atom stereocenters. The summed E-state index contributed by atoms with van der Waals surface area (Å²) in [5.74, 6) is 1.79. The van der Waals surface area contributed by atoms with E-state index in [4.69, 9.17) is 15.2 Å². The fourth-order valence-corrected chi connectivity index (χ4v) is 2.10. The first-order valence-electron chi connectivity index (χ1n) is 5.17. The van der Waals surface area contributed by atoms with Gasteiger partial charge in [-0.1, -0.05) is 22.9 Å². The van der Waals surface area contributed by atoms with Gasteiger partial charge >= 0.3 is 0 Å². The van der Waals surface area contributed by atoms with Gasteiger partial charge in [0, 0.05) is 15.6 Å². The van der Waals surface area contributed by atoms with Crippen molar-refractivity contribution in [3.8, 4) is 11.5 Å². The largest absolute Gasteiger partial charge is 0.493 e. The van der Waals surface area contributed by atoms with Gasteiger partial charge in [0.15, 0.2) is 11.5 Å². The van der Waals surface area contributed by atoms with Crippen LogP contribution in [0, 0.1) is 6.92 Å². The molecule has 1 aromatic rings. The first kappa shape index (κ1) is 13.3. The van der Waals surface area contributed by atoms with Gasteiger partial charge in [-0.25, -0.2) is 0 Å². The van der Waals surface area contributed by atoms with Crippen molar-refractivity contribution in [1.29, 1.82) is 0 Å². The number of methoxy groups -OCH3 is 2. The lowest BCUT2D eigenvalue weighted by molar-refractivity contribution is 0.347. The van der Waals surface area contributed by atoms with E-state index in [-0.39, 0.29) is 5.92 Å². The maximum Gasteiger partial charge on any atom is 0.165 e. The Hall–Kier alpha value is -0.740. The van der Waals surface area contributed by atoms with Crippen molar-refractivity contribution in [3.05, 3.63) is 21.7 Å². The summed E-state index contributed by atoms with van der Waals surface area (Å²) in [5, 5.41) is 0. The van der Waals surface area contributed by atoms with E-state index in [1.165, 1.54) is 0 Å². The molecular weight excluding hydrogens is 270 g/mol. The summed E-state index contributed by atoms with van der Waals surface area (Å²) in [6.07, 6.45) is 0. The monoisotopic (exact) mass is 287 g/mol. The maximum atomic E-state index is 5.70. The smallest absolute Gasteiger partial charge is 0.165 e. The zero-order valence-electron chi connectivity index (χ0n) is 10.1. The maximum absolute atomic E-state index is 5.70. The van der Waals surface area contributed by atoms with E-state index >= 15 is 0 Å². The number of hydrogen-bond donors (Lipinski definition) is 1. The predicted octanol–water partition coefficient (Wildman–Crippen LogP) is 2.84. The average Bonchev–Trinajstić information content (AvgIpc) is 2.30. The Morgan fingerprint density at radius 3 is 2.31 bits per heavy atom. The first-order chi connectivity index (χ1) is 7.56. The Kier molecular flexibility index (Phi) is 4.62. The molecule has 0 aliphatic rings. The van der Waals surface area contributed by atoms with Gasteiger partial charge in [0.1, 0.15) is 0 Å². The predicted molar refractivity (Wildman–Crippen MR) is 69.5 cm³/mol. The second-order valence-corrected chi connectivity index (χ2v) is 4.63. The highest BCUT2D eigenvalue weighted by Crippen LogP contribution is 2.41. The van der Waals surface area contributed by atoms with Crippen molar-refractivity contribution in [2.45, 2.75) is 19.8 Å². The van der Waals surface area contributed by atoms with Crippen molar-refractivity contribution >= 4 is 15.9 Å².